The van der Waals surface area contributed by atoms with Crippen molar-refractivity contribution in [3.63, 3.8) is 0 Å². The molecule has 28 heavy (non-hydrogen) atoms. The van der Waals surface area contributed by atoms with Gasteiger partial charge in [0.1, 0.15) is 5.75 Å². The van der Waals surface area contributed by atoms with Crippen LogP contribution in [0.15, 0.2) is 42.5 Å². The highest BCUT2D eigenvalue weighted by atomic mass is 35.5. The number of hydrogen-bond donors (Lipinski definition) is 1. The van der Waals surface area contributed by atoms with Gasteiger partial charge in [-0.05, 0) is 37.6 Å². The Kier molecular flexibility index (Phi) is 7.18. The van der Waals surface area contributed by atoms with E-state index >= 15 is 0 Å². The summed E-state index contributed by atoms with van der Waals surface area (Å²) in [5.41, 5.74) is 1.83. The van der Waals surface area contributed by atoms with Crippen LogP contribution in [0.3, 0.4) is 0 Å². The number of benzene rings is 2. The monoisotopic (exact) mass is 422 g/mol. The maximum Gasteiger partial charge on any atom is 0.262 e. The van der Waals surface area contributed by atoms with Crippen molar-refractivity contribution in [2.45, 2.75) is 32.6 Å². The highest BCUT2D eigenvalue weighted by molar-refractivity contribution is 6.34. The number of morpholine rings is 1. The second kappa shape index (κ2) is 9.61. The molecule has 0 radical (unpaired) electrons. The van der Waals surface area contributed by atoms with Crippen molar-refractivity contribution in [3.05, 3.63) is 58.1 Å². The highest BCUT2D eigenvalue weighted by Crippen LogP contribution is 2.27. The molecule has 1 saturated heterocycles. The number of hydrogen-bond acceptors (Lipinski definition) is 4. The molecule has 1 N–H and O–H groups in total. The molecule has 0 spiro atoms. The van der Waals surface area contributed by atoms with Gasteiger partial charge in [-0.3, -0.25) is 9.69 Å². The molecule has 0 saturated carbocycles. The second-order valence-corrected chi connectivity index (χ2v) is 7.86. The zero-order valence-corrected chi connectivity index (χ0v) is 17.5. The summed E-state index contributed by atoms with van der Waals surface area (Å²) in [5.74, 6) is 0.126. The molecule has 5 nitrogen and oxygen atoms in total. The highest BCUT2D eigenvalue weighted by Gasteiger charge is 2.23. The Hall–Kier alpha value is -1.79. The topological polar surface area (TPSA) is 50.8 Å². The van der Waals surface area contributed by atoms with Crippen LogP contribution in [0, 0.1) is 0 Å². The molecule has 2 aromatic rings. The fourth-order valence-corrected chi connectivity index (χ4v) is 3.69. The lowest BCUT2D eigenvalue weighted by Gasteiger charge is -2.35. The summed E-state index contributed by atoms with van der Waals surface area (Å²) >= 11 is 12.0. The van der Waals surface area contributed by atoms with E-state index in [1.165, 1.54) is 0 Å². The number of amides is 1. The summed E-state index contributed by atoms with van der Waals surface area (Å²) in [6.07, 6.45) is 0.391. The summed E-state index contributed by atoms with van der Waals surface area (Å²) in [5, 5.41) is 3.84. The number of nitrogens with zero attached hydrogens (tertiary/aromatic N) is 1. The molecule has 1 heterocycles. The van der Waals surface area contributed by atoms with Gasteiger partial charge in [0.25, 0.3) is 5.91 Å². The number of ether oxygens (including phenoxy) is 2. The van der Waals surface area contributed by atoms with Gasteiger partial charge in [0, 0.05) is 36.4 Å². The number of anilines is 1. The van der Waals surface area contributed by atoms with Crippen molar-refractivity contribution in [2.24, 2.45) is 0 Å². The van der Waals surface area contributed by atoms with Gasteiger partial charge in [-0.25, -0.2) is 0 Å². The largest absolute Gasteiger partial charge is 0.482 e. The number of carbonyl (C=O) groups is 1. The summed E-state index contributed by atoms with van der Waals surface area (Å²) in [6.45, 7) is 6.48. The minimum absolute atomic E-state index is 0.153. The first-order chi connectivity index (χ1) is 13.4. The maximum atomic E-state index is 12.4. The third-order valence-electron chi connectivity index (χ3n) is 4.43. The molecule has 1 fully saturated rings. The van der Waals surface area contributed by atoms with Crippen LogP contribution in [0.4, 0.5) is 5.69 Å². The number of rotatable bonds is 6. The van der Waals surface area contributed by atoms with Crippen molar-refractivity contribution >= 4 is 34.8 Å². The first-order valence-electron chi connectivity index (χ1n) is 9.24. The molecule has 1 amide bonds. The van der Waals surface area contributed by atoms with Crippen LogP contribution in [-0.4, -0.2) is 42.7 Å². The maximum absolute atomic E-state index is 12.4. The van der Waals surface area contributed by atoms with E-state index in [-0.39, 0.29) is 24.7 Å². The molecule has 0 aromatic heterocycles. The van der Waals surface area contributed by atoms with E-state index in [0.29, 0.717) is 15.8 Å². The van der Waals surface area contributed by atoms with Gasteiger partial charge in [0.15, 0.2) is 6.61 Å². The van der Waals surface area contributed by atoms with Crippen LogP contribution in [0.2, 0.25) is 10.0 Å². The van der Waals surface area contributed by atoms with Crippen LogP contribution < -0.4 is 10.1 Å². The lowest BCUT2D eigenvalue weighted by atomic mass is 10.1. The van der Waals surface area contributed by atoms with E-state index in [4.69, 9.17) is 32.7 Å². The van der Waals surface area contributed by atoms with Crippen LogP contribution in [0.25, 0.3) is 0 Å². The summed E-state index contributed by atoms with van der Waals surface area (Å²) in [6, 6.07) is 12.7. The summed E-state index contributed by atoms with van der Waals surface area (Å²) < 4.78 is 11.3. The van der Waals surface area contributed by atoms with Gasteiger partial charge in [-0.2, -0.15) is 0 Å². The Morgan fingerprint density at radius 1 is 1.18 bits per heavy atom. The average molecular weight is 423 g/mol. The van der Waals surface area contributed by atoms with Crippen LogP contribution in [0.1, 0.15) is 19.4 Å². The molecule has 2 unspecified atom stereocenters. The van der Waals surface area contributed by atoms with Crippen LogP contribution in [-0.2, 0) is 16.1 Å². The van der Waals surface area contributed by atoms with Gasteiger partial charge >= 0.3 is 0 Å². The minimum atomic E-state index is -0.257. The lowest BCUT2D eigenvalue weighted by Crippen LogP contribution is -2.44. The Labute approximate surface area is 175 Å². The molecule has 0 bridgehead atoms. The predicted molar refractivity (Wildman–Crippen MR) is 112 cm³/mol. The Morgan fingerprint density at radius 3 is 2.64 bits per heavy atom. The molecule has 1 aliphatic rings. The molecule has 2 aromatic carbocycles. The van der Waals surface area contributed by atoms with Crippen molar-refractivity contribution in [1.29, 1.82) is 0 Å². The van der Waals surface area contributed by atoms with Gasteiger partial charge in [-0.1, -0.05) is 41.4 Å². The number of carbonyl (C=O) groups excluding carboxylic acids is 1. The first kappa shape index (κ1) is 20.9. The van der Waals surface area contributed by atoms with E-state index < -0.39 is 0 Å². The van der Waals surface area contributed by atoms with Crippen LogP contribution in [0.5, 0.6) is 5.75 Å². The molecule has 150 valence electrons. The van der Waals surface area contributed by atoms with E-state index in [0.717, 1.165) is 30.9 Å². The minimum Gasteiger partial charge on any atom is -0.482 e. The smallest absolute Gasteiger partial charge is 0.262 e. The van der Waals surface area contributed by atoms with Gasteiger partial charge in [-0.15, -0.1) is 0 Å². The van der Waals surface area contributed by atoms with Crippen molar-refractivity contribution in [3.8, 4) is 5.75 Å². The molecular formula is C21H24Cl2N2O3. The quantitative estimate of drug-likeness (QED) is 0.737. The molecule has 7 heteroatoms. The Bertz CT molecular complexity index is 821. The van der Waals surface area contributed by atoms with Crippen molar-refractivity contribution in [1.82, 2.24) is 4.90 Å². The third-order valence-corrected chi connectivity index (χ3v) is 4.98. The van der Waals surface area contributed by atoms with E-state index in [2.05, 4.69) is 24.1 Å². The molecule has 1 aliphatic heterocycles. The molecular weight excluding hydrogens is 399 g/mol. The standard InChI is InChI=1S/C21H24Cl2N2O3/c1-14-10-25(11-15(2)28-14)12-16-5-3-4-6-19(16)24-21(26)13-27-20-9-17(22)7-8-18(20)23/h3-9,14-15H,10-13H2,1-2H3,(H,24,26). The van der Waals surface area contributed by atoms with E-state index in [1.807, 2.05) is 24.3 Å². The third kappa shape index (κ3) is 5.85. The number of nitrogens with one attached hydrogen (secondary N) is 1. The Balaban J connectivity index is 1.61. The van der Waals surface area contributed by atoms with Crippen LogP contribution >= 0.6 is 23.2 Å². The number of para-hydroxylation sites is 1. The van der Waals surface area contributed by atoms with Gasteiger partial charge in [0.2, 0.25) is 0 Å². The van der Waals surface area contributed by atoms with Gasteiger partial charge in [0.05, 0.1) is 17.2 Å². The molecule has 2 atom stereocenters. The molecule has 3 rings (SSSR count). The zero-order chi connectivity index (χ0) is 20.1. The predicted octanol–water partition coefficient (Wildman–Crippen LogP) is 4.62. The lowest BCUT2D eigenvalue weighted by molar-refractivity contribution is -0.118. The fraction of sp³-hybridized carbons (Fsp3) is 0.381. The normalized spacial score (nSPS) is 20.0. The van der Waals surface area contributed by atoms with E-state index in [1.54, 1.807) is 18.2 Å². The average Bonchev–Trinajstić information content (AvgIpc) is 2.63. The zero-order valence-electron chi connectivity index (χ0n) is 16.0. The SMILES string of the molecule is CC1CN(Cc2ccccc2NC(=O)COc2cc(Cl)ccc2Cl)CC(C)O1. The molecule has 0 aliphatic carbocycles. The Morgan fingerprint density at radius 2 is 1.89 bits per heavy atom. The van der Waals surface area contributed by atoms with Crippen molar-refractivity contribution < 1.29 is 14.3 Å². The number of halogens is 2. The first-order valence-corrected chi connectivity index (χ1v) is 9.99. The summed E-state index contributed by atoms with van der Waals surface area (Å²) in [7, 11) is 0. The van der Waals surface area contributed by atoms with Crippen molar-refractivity contribution in [2.75, 3.05) is 25.0 Å². The second-order valence-electron chi connectivity index (χ2n) is 7.02. The summed E-state index contributed by atoms with van der Waals surface area (Å²) in [4.78, 5) is 14.7. The fourth-order valence-electron chi connectivity index (χ4n) is 3.35. The van der Waals surface area contributed by atoms with E-state index in [9.17, 15) is 4.79 Å². The van der Waals surface area contributed by atoms with Gasteiger partial charge < -0.3 is 14.8 Å².